The highest BCUT2D eigenvalue weighted by molar-refractivity contribution is 7.25. The van der Waals surface area contributed by atoms with Gasteiger partial charge in [-0.2, -0.15) is 5.26 Å². The highest BCUT2D eigenvalue weighted by Crippen LogP contribution is 2.39. The summed E-state index contributed by atoms with van der Waals surface area (Å²) >= 11 is 5.12. The smallest absolute Gasteiger partial charge is 0.101 e. The van der Waals surface area contributed by atoms with Gasteiger partial charge in [0.05, 0.1) is 10.4 Å². The third kappa shape index (κ3) is 1.93. The average Bonchev–Trinajstić information content (AvgIpc) is 3.09. The minimum Gasteiger partial charge on any atom is -0.192 e. The summed E-state index contributed by atoms with van der Waals surface area (Å²) in [5.74, 6) is 0. The quantitative estimate of drug-likeness (QED) is 0.639. The molecule has 0 aliphatic heterocycles. The second kappa shape index (κ2) is 4.46. The summed E-state index contributed by atoms with van der Waals surface area (Å²) < 4.78 is 0. The van der Waals surface area contributed by atoms with Crippen molar-refractivity contribution in [2.45, 2.75) is 0 Å². The monoisotopic (exact) mass is 273 g/mol. The maximum Gasteiger partial charge on any atom is 0.101 e. The summed E-state index contributed by atoms with van der Waals surface area (Å²) in [5, 5.41) is 13.1. The van der Waals surface area contributed by atoms with Crippen molar-refractivity contribution >= 4 is 34.0 Å². The third-order valence-electron chi connectivity index (χ3n) is 2.38. The molecule has 0 saturated heterocycles. The summed E-state index contributed by atoms with van der Waals surface area (Å²) in [6.45, 7) is 0. The molecule has 0 aliphatic carbocycles. The van der Waals surface area contributed by atoms with Crippen LogP contribution < -0.4 is 0 Å². The summed E-state index contributed by atoms with van der Waals surface area (Å²) in [5.41, 5.74) is 0.773. The molecule has 3 aromatic heterocycles. The third-order valence-corrected chi connectivity index (χ3v) is 5.62. The van der Waals surface area contributed by atoms with Crippen molar-refractivity contribution in [1.82, 2.24) is 0 Å². The van der Waals surface area contributed by atoms with Crippen molar-refractivity contribution < 1.29 is 0 Å². The fraction of sp³-hybridized carbons (Fsp3) is 0. The van der Waals surface area contributed by atoms with Gasteiger partial charge in [0.2, 0.25) is 0 Å². The van der Waals surface area contributed by atoms with Gasteiger partial charge in [-0.05, 0) is 35.0 Å². The van der Waals surface area contributed by atoms with E-state index in [-0.39, 0.29) is 0 Å². The second-order valence-electron chi connectivity index (χ2n) is 3.42. The minimum atomic E-state index is 0.773. The SMILES string of the molecule is N#Cc1ccsc1-c1ccc(-c2cccs2)s1. The van der Waals surface area contributed by atoms with Gasteiger partial charge in [-0.25, -0.2) is 0 Å². The Labute approximate surface area is 111 Å². The Kier molecular flexibility index (Phi) is 2.81. The molecular weight excluding hydrogens is 266 g/mol. The number of nitrogens with zero attached hydrogens (tertiary/aromatic N) is 1. The molecule has 3 aromatic rings. The van der Waals surface area contributed by atoms with E-state index in [2.05, 4.69) is 35.7 Å². The van der Waals surface area contributed by atoms with Crippen LogP contribution in [0, 0.1) is 11.3 Å². The average molecular weight is 273 g/mol. The lowest BCUT2D eigenvalue weighted by atomic mass is 10.2. The topological polar surface area (TPSA) is 23.8 Å². The molecule has 0 unspecified atom stereocenters. The van der Waals surface area contributed by atoms with E-state index < -0.39 is 0 Å². The maximum absolute atomic E-state index is 9.02. The lowest BCUT2D eigenvalue weighted by molar-refractivity contribution is 1.51. The van der Waals surface area contributed by atoms with Gasteiger partial charge in [0.25, 0.3) is 0 Å². The first kappa shape index (κ1) is 10.7. The van der Waals surface area contributed by atoms with Crippen LogP contribution in [0.25, 0.3) is 19.5 Å². The lowest BCUT2D eigenvalue weighted by Gasteiger charge is -1.92. The lowest BCUT2D eigenvalue weighted by Crippen LogP contribution is -1.69. The molecule has 3 heterocycles. The molecule has 0 bridgehead atoms. The number of rotatable bonds is 2. The zero-order valence-electron chi connectivity index (χ0n) is 8.71. The van der Waals surface area contributed by atoms with Gasteiger partial charge < -0.3 is 0 Å². The highest BCUT2D eigenvalue weighted by atomic mass is 32.1. The van der Waals surface area contributed by atoms with Gasteiger partial charge in [-0.1, -0.05) is 6.07 Å². The number of hydrogen-bond acceptors (Lipinski definition) is 4. The van der Waals surface area contributed by atoms with Crippen LogP contribution in [-0.4, -0.2) is 0 Å². The molecule has 0 saturated carbocycles. The van der Waals surface area contributed by atoms with Crippen molar-refractivity contribution in [3.8, 4) is 25.6 Å². The van der Waals surface area contributed by atoms with E-state index in [0.29, 0.717) is 0 Å². The normalized spacial score (nSPS) is 10.3. The van der Waals surface area contributed by atoms with Crippen molar-refractivity contribution in [1.29, 1.82) is 5.26 Å². The van der Waals surface area contributed by atoms with Crippen molar-refractivity contribution in [3.63, 3.8) is 0 Å². The van der Waals surface area contributed by atoms with Crippen molar-refractivity contribution in [2.75, 3.05) is 0 Å². The largest absolute Gasteiger partial charge is 0.192 e. The van der Waals surface area contributed by atoms with E-state index in [4.69, 9.17) is 5.26 Å². The Bertz CT molecular complexity index is 668. The van der Waals surface area contributed by atoms with Gasteiger partial charge >= 0.3 is 0 Å². The first-order valence-corrected chi connectivity index (χ1v) is 7.58. The second-order valence-corrected chi connectivity index (χ2v) is 6.36. The van der Waals surface area contributed by atoms with E-state index >= 15 is 0 Å². The Balaban J connectivity index is 2.04. The molecule has 4 heteroatoms. The molecule has 17 heavy (non-hydrogen) atoms. The molecule has 0 fully saturated rings. The summed E-state index contributed by atoms with van der Waals surface area (Å²) in [7, 11) is 0. The predicted octanol–water partition coefficient (Wildman–Crippen LogP) is 5.08. The molecular formula is C13H7NS3. The molecule has 0 amide bonds. The first-order valence-electron chi connectivity index (χ1n) is 5.00. The molecule has 3 rings (SSSR count). The van der Waals surface area contributed by atoms with Gasteiger partial charge in [0.1, 0.15) is 6.07 Å². The Hall–Kier alpha value is -1.41. The Morgan fingerprint density at radius 1 is 0.882 bits per heavy atom. The predicted molar refractivity (Wildman–Crippen MR) is 75.7 cm³/mol. The van der Waals surface area contributed by atoms with Crippen LogP contribution in [0.2, 0.25) is 0 Å². The van der Waals surface area contributed by atoms with Gasteiger partial charge in [-0.3, -0.25) is 0 Å². The number of hydrogen-bond donors (Lipinski definition) is 0. The van der Waals surface area contributed by atoms with E-state index in [1.807, 2.05) is 11.4 Å². The minimum absolute atomic E-state index is 0.773. The standard InChI is InChI=1S/C13H7NS3/c14-8-9-5-7-16-13(9)12-4-3-11(17-12)10-2-1-6-15-10/h1-7H. The molecule has 1 nitrogen and oxygen atoms in total. The summed E-state index contributed by atoms with van der Waals surface area (Å²) in [4.78, 5) is 4.82. The first-order chi connectivity index (χ1) is 8.38. The van der Waals surface area contributed by atoms with Crippen LogP contribution in [0.15, 0.2) is 41.1 Å². The van der Waals surface area contributed by atoms with E-state index in [0.717, 1.165) is 10.4 Å². The van der Waals surface area contributed by atoms with Crippen LogP contribution in [0.1, 0.15) is 5.56 Å². The molecule has 0 atom stereocenters. The molecule has 0 aromatic carbocycles. The highest BCUT2D eigenvalue weighted by Gasteiger charge is 2.10. The van der Waals surface area contributed by atoms with Crippen LogP contribution in [0.4, 0.5) is 0 Å². The van der Waals surface area contributed by atoms with Crippen LogP contribution in [-0.2, 0) is 0 Å². The molecule has 0 aliphatic rings. The molecule has 0 radical (unpaired) electrons. The zero-order valence-corrected chi connectivity index (χ0v) is 11.2. The molecule has 0 N–H and O–H groups in total. The van der Waals surface area contributed by atoms with E-state index in [1.165, 1.54) is 14.6 Å². The van der Waals surface area contributed by atoms with Crippen LogP contribution in [0.5, 0.6) is 0 Å². The fourth-order valence-corrected chi connectivity index (χ4v) is 4.43. The van der Waals surface area contributed by atoms with Gasteiger partial charge in [0.15, 0.2) is 0 Å². The zero-order chi connectivity index (χ0) is 11.7. The summed E-state index contributed by atoms with van der Waals surface area (Å²) in [6, 6.07) is 12.5. The van der Waals surface area contributed by atoms with Crippen molar-refractivity contribution in [3.05, 3.63) is 46.7 Å². The van der Waals surface area contributed by atoms with Gasteiger partial charge in [-0.15, -0.1) is 34.0 Å². The van der Waals surface area contributed by atoms with Crippen molar-refractivity contribution in [2.24, 2.45) is 0 Å². The van der Waals surface area contributed by atoms with Crippen LogP contribution in [0.3, 0.4) is 0 Å². The van der Waals surface area contributed by atoms with Gasteiger partial charge in [0, 0.05) is 14.6 Å². The Morgan fingerprint density at radius 2 is 1.76 bits per heavy atom. The molecule has 82 valence electrons. The van der Waals surface area contributed by atoms with Crippen LogP contribution >= 0.6 is 34.0 Å². The van der Waals surface area contributed by atoms with E-state index in [1.54, 1.807) is 34.0 Å². The Morgan fingerprint density at radius 3 is 2.53 bits per heavy atom. The maximum atomic E-state index is 9.02. The fourth-order valence-electron chi connectivity index (χ4n) is 1.60. The number of thiophene rings is 3. The number of nitriles is 1. The summed E-state index contributed by atoms with van der Waals surface area (Å²) in [6.07, 6.45) is 0. The molecule has 0 spiro atoms. The van der Waals surface area contributed by atoms with E-state index in [9.17, 15) is 0 Å².